The number of benzene rings is 2. The van der Waals surface area contributed by atoms with Gasteiger partial charge >= 0.3 is 0 Å². The fourth-order valence-electron chi connectivity index (χ4n) is 3.67. The van der Waals surface area contributed by atoms with Crippen LogP contribution in [0.15, 0.2) is 36.4 Å². The van der Waals surface area contributed by atoms with Crippen LogP contribution in [0.25, 0.3) is 11.0 Å². The highest BCUT2D eigenvalue weighted by Crippen LogP contribution is 2.32. The molecular formula is C20H21N5O3S. The number of nitrogens with zero attached hydrogens (tertiary/aromatic N) is 4. The van der Waals surface area contributed by atoms with E-state index in [1.807, 2.05) is 24.3 Å². The summed E-state index contributed by atoms with van der Waals surface area (Å²) in [5.74, 6) is 1.64. The number of carbonyl (C=O) groups excluding carboxylic acids is 1. The molecule has 2 aromatic carbocycles. The second kappa shape index (κ2) is 7.94. The minimum atomic E-state index is -0.00300. The van der Waals surface area contributed by atoms with Gasteiger partial charge in [-0.15, -0.1) is 0 Å². The molecule has 150 valence electrons. The van der Waals surface area contributed by atoms with Crippen LogP contribution in [-0.4, -0.2) is 64.0 Å². The predicted octanol–water partition coefficient (Wildman–Crippen LogP) is 2.18. The van der Waals surface area contributed by atoms with Gasteiger partial charge in [0.2, 0.25) is 12.7 Å². The van der Waals surface area contributed by atoms with Crippen molar-refractivity contribution < 1.29 is 14.3 Å². The Morgan fingerprint density at radius 1 is 0.966 bits per heavy atom. The van der Waals surface area contributed by atoms with E-state index in [0.29, 0.717) is 13.3 Å². The first-order valence-electron chi connectivity index (χ1n) is 9.58. The summed E-state index contributed by atoms with van der Waals surface area (Å²) < 4.78 is 19.2. The Kier molecular flexibility index (Phi) is 5.01. The first-order chi connectivity index (χ1) is 14.2. The van der Waals surface area contributed by atoms with Crippen LogP contribution in [0.2, 0.25) is 0 Å². The second-order valence-corrected chi connectivity index (χ2v) is 7.78. The number of hydrogen-bond acceptors (Lipinski definition) is 8. The standard InChI is InChI=1S/C20H21N5O3S/c26-20(21-15-2-3-16-17(10-15)23-29-22-16)12-25-7-5-24(6-8-25)11-14-1-4-18-19(9-14)28-13-27-18/h1-4,9-10H,5-8,11-13H2,(H,21,26). The lowest BCUT2D eigenvalue weighted by Crippen LogP contribution is -2.48. The van der Waals surface area contributed by atoms with Gasteiger partial charge in [0.15, 0.2) is 11.5 Å². The molecule has 1 saturated heterocycles. The van der Waals surface area contributed by atoms with Gasteiger partial charge in [-0.1, -0.05) is 6.07 Å². The van der Waals surface area contributed by atoms with Crippen LogP contribution < -0.4 is 14.8 Å². The third-order valence-electron chi connectivity index (χ3n) is 5.21. The molecule has 9 heteroatoms. The van der Waals surface area contributed by atoms with E-state index in [0.717, 1.165) is 60.9 Å². The van der Waals surface area contributed by atoms with Crippen LogP contribution in [0.1, 0.15) is 5.56 Å². The minimum Gasteiger partial charge on any atom is -0.454 e. The number of fused-ring (bicyclic) bond motifs is 2. The average Bonchev–Trinajstić information content (AvgIpc) is 3.37. The summed E-state index contributed by atoms with van der Waals surface area (Å²) >= 11 is 1.18. The maximum atomic E-state index is 12.4. The highest BCUT2D eigenvalue weighted by molar-refractivity contribution is 7.00. The molecule has 1 amide bonds. The van der Waals surface area contributed by atoms with Gasteiger partial charge in [-0.25, -0.2) is 0 Å². The fraction of sp³-hybridized carbons (Fsp3) is 0.350. The summed E-state index contributed by atoms with van der Waals surface area (Å²) in [6.45, 7) is 5.16. The normalized spacial score (nSPS) is 17.0. The molecule has 0 atom stereocenters. The lowest BCUT2D eigenvalue weighted by atomic mass is 10.1. The van der Waals surface area contributed by atoms with E-state index in [1.165, 1.54) is 17.3 Å². The van der Waals surface area contributed by atoms with Gasteiger partial charge in [-0.2, -0.15) is 8.75 Å². The molecule has 1 fully saturated rings. The summed E-state index contributed by atoms with van der Waals surface area (Å²) in [5, 5.41) is 2.96. The topological polar surface area (TPSA) is 79.8 Å². The zero-order chi connectivity index (χ0) is 19.6. The van der Waals surface area contributed by atoms with Gasteiger partial charge in [0.05, 0.1) is 18.3 Å². The molecule has 0 bridgehead atoms. The van der Waals surface area contributed by atoms with E-state index in [9.17, 15) is 4.79 Å². The zero-order valence-electron chi connectivity index (χ0n) is 15.8. The lowest BCUT2D eigenvalue weighted by molar-refractivity contribution is -0.117. The highest BCUT2D eigenvalue weighted by Gasteiger charge is 2.20. The summed E-state index contributed by atoms with van der Waals surface area (Å²) in [6.07, 6.45) is 0. The Hall–Kier alpha value is -2.75. The number of piperazine rings is 1. The number of aromatic nitrogens is 2. The minimum absolute atomic E-state index is 0.00300. The van der Waals surface area contributed by atoms with Gasteiger partial charge in [-0.05, 0) is 35.9 Å². The SMILES string of the molecule is O=C(CN1CCN(Cc2ccc3c(c2)OCO3)CC1)Nc1ccc2nsnc2c1. The monoisotopic (exact) mass is 411 g/mol. The maximum Gasteiger partial charge on any atom is 0.238 e. The second-order valence-electron chi connectivity index (χ2n) is 7.26. The number of amides is 1. The summed E-state index contributed by atoms with van der Waals surface area (Å²) in [4.78, 5) is 17.0. The molecule has 1 aromatic heterocycles. The number of carbonyl (C=O) groups is 1. The predicted molar refractivity (Wildman–Crippen MR) is 110 cm³/mol. The van der Waals surface area contributed by atoms with Gasteiger partial charge in [0.1, 0.15) is 11.0 Å². The molecule has 0 aliphatic carbocycles. The third-order valence-corrected chi connectivity index (χ3v) is 5.77. The van der Waals surface area contributed by atoms with Gasteiger partial charge in [-0.3, -0.25) is 14.6 Å². The van der Waals surface area contributed by atoms with Crippen molar-refractivity contribution >= 4 is 34.4 Å². The molecule has 2 aliphatic heterocycles. The number of ether oxygens (including phenoxy) is 2. The average molecular weight is 411 g/mol. The van der Waals surface area contributed by atoms with Crippen LogP contribution in [0.3, 0.4) is 0 Å². The van der Waals surface area contributed by atoms with Crippen molar-refractivity contribution in [1.29, 1.82) is 0 Å². The molecule has 0 saturated carbocycles. The van der Waals surface area contributed by atoms with Crippen molar-refractivity contribution in [3.05, 3.63) is 42.0 Å². The van der Waals surface area contributed by atoms with E-state index < -0.39 is 0 Å². The molecule has 2 aliphatic rings. The van der Waals surface area contributed by atoms with Crippen molar-refractivity contribution in [2.24, 2.45) is 0 Å². The Labute approximate surface area is 172 Å². The smallest absolute Gasteiger partial charge is 0.238 e. The van der Waals surface area contributed by atoms with Crippen LogP contribution in [0.5, 0.6) is 11.5 Å². The van der Waals surface area contributed by atoms with Crippen molar-refractivity contribution in [1.82, 2.24) is 18.5 Å². The molecular weight excluding hydrogens is 390 g/mol. The number of anilines is 1. The lowest BCUT2D eigenvalue weighted by Gasteiger charge is -2.34. The van der Waals surface area contributed by atoms with Crippen molar-refractivity contribution in [2.75, 3.05) is 44.8 Å². The molecule has 5 rings (SSSR count). The highest BCUT2D eigenvalue weighted by atomic mass is 32.1. The van der Waals surface area contributed by atoms with Crippen LogP contribution in [0, 0.1) is 0 Å². The van der Waals surface area contributed by atoms with E-state index in [2.05, 4.69) is 36.0 Å². The largest absolute Gasteiger partial charge is 0.454 e. The molecule has 3 heterocycles. The van der Waals surface area contributed by atoms with E-state index >= 15 is 0 Å². The molecule has 8 nitrogen and oxygen atoms in total. The summed E-state index contributed by atoms with van der Waals surface area (Å²) in [7, 11) is 0. The zero-order valence-corrected chi connectivity index (χ0v) is 16.7. The molecule has 0 radical (unpaired) electrons. The Balaban J connectivity index is 1.10. The molecule has 0 unspecified atom stereocenters. The van der Waals surface area contributed by atoms with Crippen molar-refractivity contribution in [3.8, 4) is 11.5 Å². The Morgan fingerprint density at radius 2 is 1.76 bits per heavy atom. The van der Waals surface area contributed by atoms with E-state index in [-0.39, 0.29) is 5.91 Å². The number of nitrogens with one attached hydrogen (secondary N) is 1. The fourth-order valence-corrected chi connectivity index (χ4v) is 4.18. The summed E-state index contributed by atoms with van der Waals surface area (Å²) in [6, 6.07) is 11.7. The Morgan fingerprint density at radius 3 is 2.66 bits per heavy atom. The van der Waals surface area contributed by atoms with Gasteiger partial charge in [0.25, 0.3) is 0 Å². The van der Waals surface area contributed by atoms with Crippen LogP contribution >= 0.6 is 11.7 Å². The van der Waals surface area contributed by atoms with E-state index in [1.54, 1.807) is 0 Å². The first-order valence-corrected chi connectivity index (χ1v) is 10.3. The van der Waals surface area contributed by atoms with E-state index in [4.69, 9.17) is 9.47 Å². The van der Waals surface area contributed by atoms with Gasteiger partial charge in [0, 0.05) is 38.4 Å². The third kappa shape index (κ3) is 4.16. The van der Waals surface area contributed by atoms with Crippen LogP contribution in [0.4, 0.5) is 5.69 Å². The number of rotatable bonds is 5. The quantitative estimate of drug-likeness (QED) is 0.689. The first kappa shape index (κ1) is 18.3. The van der Waals surface area contributed by atoms with Crippen molar-refractivity contribution in [3.63, 3.8) is 0 Å². The molecule has 3 aromatic rings. The van der Waals surface area contributed by atoms with Crippen molar-refractivity contribution in [2.45, 2.75) is 6.54 Å². The molecule has 1 N–H and O–H groups in total. The maximum absolute atomic E-state index is 12.4. The summed E-state index contributed by atoms with van der Waals surface area (Å²) in [5.41, 5.74) is 3.64. The van der Waals surface area contributed by atoms with Gasteiger partial charge < -0.3 is 14.8 Å². The van der Waals surface area contributed by atoms with Crippen LogP contribution in [-0.2, 0) is 11.3 Å². The molecule has 29 heavy (non-hydrogen) atoms. The number of hydrogen-bond donors (Lipinski definition) is 1. The molecule has 0 spiro atoms. The Bertz CT molecular complexity index is 1030.